The summed E-state index contributed by atoms with van der Waals surface area (Å²) in [6.07, 6.45) is 7.61. The number of aliphatic hydroxyl groups is 1. The van der Waals surface area contributed by atoms with E-state index in [1.165, 1.54) is 19.3 Å². The van der Waals surface area contributed by atoms with Crippen LogP contribution in [0, 0.1) is 0 Å². The first-order valence-corrected chi connectivity index (χ1v) is 4.03. The molecular weight excluding hydrogens is 140 g/mol. The summed E-state index contributed by atoms with van der Waals surface area (Å²) in [7, 11) is 0. The summed E-state index contributed by atoms with van der Waals surface area (Å²) in [4.78, 5) is 4.05. The van der Waals surface area contributed by atoms with E-state index in [1.54, 1.807) is 0 Å². The van der Waals surface area contributed by atoms with Crippen LogP contribution in [0.15, 0.2) is 12.5 Å². The van der Waals surface area contributed by atoms with Crippen LogP contribution in [-0.4, -0.2) is 14.7 Å². The van der Waals surface area contributed by atoms with Gasteiger partial charge in [-0.3, -0.25) is 0 Å². The largest absolute Gasteiger partial charge is 0.390 e. The summed E-state index contributed by atoms with van der Waals surface area (Å²) in [5.41, 5.74) is 0.775. The highest BCUT2D eigenvalue weighted by molar-refractivity contribution is 4.97. The summed E-state index contributed by atoms with van der Waals surface area (Å²) in [5, 5.41) is 8.75. The molecule has 1 aliphatic rings. The van der Waals surface area contributed by atoms with Crippen molar-refractivity contribution >= 4 is 0 Å². The van der Waals surface area contributed by atoms with Crippen LogP contribution in [0.3, 0.4) is 0 Å². The summed E-state index contributed by atoms with van der Waals surface area (Å²) >= 11 is 0. The molecule has 3 heteroatoms. The smallest absolute Gasteiger partial charge is 0.0953 e. The predicted octanol–water partition coefficient (Wildman–Crippen LogP) is 1.10. The normalized spacial score (nSPS) is 18.3. The highest BCUT2D eigenvalue weighted by Crippen LogP contribution is 2.31. The minimum absolute atomic E-state index is 0.0553. The number of hydrogen-bond acceptors (Lipinski definition) is 2. The van der Waals surface area contributed by atoms with E-state index in [2.05, 4.69) is 9.55 Å². The third-order valence-electron chi connectivity index (χ3n) is 2.31. The molecule has 0 bridgehead atoms. The second-order valence-corrected chi connectivity index (χ2v) is 3.06. The Bertz CT molecular complexity index is 240. The lowest BCUT2D eigenvalue weighted by molar-refractivity contribution is 0.276. The standard InChI is InChI=1S/C8H12N2O/c11-5-7-4-10(6-9-7)8-2-1-3-8/h4,6,8,11H,1-3,5H2. The van der Waals surface area contributed by atoms with Crippen LogP contribution in [0.1, 0.15) is 31.0 Å². The average Bonchev–Trinajstić information content (AvgIpc) is 2.32. The van der Waals surface area contributed by atoms with Gasteiger partial charge >= 0.3 is 0 Å². The van der Waals surface area contributed by atoms with Gasteiger partial charge in [-0.15, -0.1) is 0 Å². The molecule has 1 aromatic heterocycles. The van der Waals surface area contributed by atoms with E-state index in [0.29, 0.717) is 6.04 Å². The molecule has 3 nitrogen and oxygen atoms in total. The van der Waals surface area contributed by atoms with Gasteiger partial charge in [-0.2, -0.15) is 0 Å². The van der Waals surface area contributed by atoms with Gasteiger partial charge in [-0.1, -0.05) is 0 Å². The van der Waals surface area contributed by atoms with E-state index in [9.17, 15) is 0 Å². The summed E-state index contributed by atoms with van der Waals surface area (Å²) < 4.78 is 2.11. The molecule has 1 aliphatic carbocycles. The van der Waals surface area contributed by atoms with Crippen molar-refractivity contribution < 1.29 is 5.11 Å². The number of imidazole rings is 1. The average molecular weight is 152 g/mol. The Kier molecular flexibility index (Phi) is 1.66. The molecule has 1 aromatic rings. The third-order valence-corrected chi connectivity index (χ3v) is 2.31. The van der Waals surface area contributed by atoms with Crippen LogP contribution in [0.5, 0.6) is 0 Å². The fourth-order valence-corrected chi connectivity index (χ4v) is 1.35. The molecule has 0 aromatic carbocycles. The fraction of sp³-hybridized carbons (Fsp3) is 0.625. The fourth-order valence-electron chi connectivity index (χ4n) is 1.35. The lowest BCUT2D eigenvalue weighted by Crippen LogP contribution is -2.15. The van der Waals surface area contributed by atoms with Crippen molar-refractivity contribution in [3.8, 4) is 0 Å². The molecule has 0 saturated heterocycles. The highest BCUT2D eigenvalue weighted by Gasteiger charge is 2.18. The van der Waals surface area contributed by atoms with E-state index in [-0.39, 0.29) is 6.61 Å². The van der Waals surface area contributed by atoms with E-state index < -0.39 is 0 Å². The molecule has 60 valence electrons. The Labute approximate surface area is 65.7 Å². The number of aliphatic hydroxyl groups excluding tert-OH is 1. The van der Waals surface area contributed by atoms with Gasteiger partial charge in [-0.05, 0) is 19.3 Å². The number of rotatable bonds is 2. The quantitative estimate of drug-likeness (QED) is 0.689. The van der Waals surface area contributed by atoms with Gasteiger partial charge in [0, 0.05) is 12.2 Å². The second-order valence-electron chi connectivity index (χ2n) is 3.06. The monoisotopic (exact) mass is 152 g/mol. The van der Waals surface area contributed by atoms with Crippen LogP contribution < -0.4 is 0 Å². The van der Waals surface area contributed by atoms with Gasteiger partial charge in [0.25, 0.3) is 0 Å². The Morgan fingerprint density at radius 3 is 2.91 bits per heavy atom. The maximum absolute atomic E-state index is 8.75. The van der Waals surface area contributed by atoms with Crippen molar-refractivity contribution in [1.29, 1.82) is 0 Å². The molecule has 1 saturated carbocycles. The summed E-state index contributed by atoms with van der Waals surface area (Å²) in [6.45, 7) is 0.0553. The zero-order valence-corrected chi connectivity index (χ0v) is 6.40. The highest BCUT2D eigenvalue weighted by atomic mass is 16.3. The van der Waals surface area contributed by atoms with Gasteiger partial charge in [0.1, 0.15) is 0 Å². The van der Waals surface area contributed by atoms with E-state index in [1.807, 2.05) is 12.5 Å². The van der Waals surface area contributed by atoms with E-state index in [4.69, 9.17) is 5.11 Å². The van der Waals surface area contributed by atoms with Crippen molar-refractivity contribution in [3.05, 3.63) is 18.2 Å². The first-order valence-electron chi connectivity index (χ1n) is 4.03. The molecular formula is C8H12N2O. The molecule has 11 heavy (non-hydrogen) atoms. The zero-order chi connectivity index (χ0) is 7.68. The van der Waals surface area contributed by atoms with Crippen molar-refractivity contribution in [2.24, 2.45) is 0 Å². The van der Waals surface area contributed by atoms with Crippen molar-refractivity contribution in [3.63, 3.8) is 0 Å². The van der Waals surface area contributed by atoms with Gasteiger partial charge in [0.15, 0.2) is 0 Å². The first kappa shape index (κ1) is 6.85. The van der Waals surface area contributed by atoms with E-state index >= 15 is 0 Å². The van der Waals surface area contributed by atoms with Gasteiger partial charge in [-0.25, -0.2) is 4.98 Å². The van der Waals surface area contributed by atoms with Crippen molar-refractivity contribution in [2.75, 3.05) is 0 Å². The summed E-state index contributed by atoms with van der Waals surface area (Å²) in [6, 6.07) is 0.655. The molecule has 0 atom stereocenters. The van der Waals surface area contributed by atoms with Crippen LogP contribution in [0.4, 0.5) is 0 Å². The maximum Gasteiger partial charge on any atom is 0.0953 e. The third kappa shape index (κ3) is 1.16. The van der Waals surface area contributed by atoms with Crippen LogP contribution >= 0.6 is 0 Å². The molecule has 1 fully saturated rings. The second kappa shape index (κ2) is 2.66. The molecule has 0 spiro atoms. The Hall–Kier alpha value is -0.830. The van der Waals surface area contributed by atoms with Crippen LogP contribution in [0.2, 0.25) is 0 Å². The zero-order valence-electron chi connectivity index (χ0n) is 6.40. The van der Waals surface area contributed by atoms with Gasteiger partial charge in [0.2, 0.25) is 0 Å². The topological polar surface area (TPSA) is 38.0 Å². The van der Waals surface area contributed by atoms with Crippen molar-refractivity contribution in [1.82, 2.24) is 9.55 Å². The minimum atomic E-state index is 0.0553. The molecule has 0 amide bonds. The number of nitrogens with zero attached hydrogens (tertiary/aromatic N) is 2. The molecule has 1 heterocycles. The van der Waals surface area contributed by atoms with Crippen LogP contribution in [0.25, 0.3) is 0 Å². The molecule has 2 rings (SSSR count). The SMILES string of the molecule is OCc1cn(C2CCC2)cn1. The predicted molar refractivity (Wildman–Crippen MR) is 41.0 cm³/mol. The lowest BCUT2D eigenvalue weighted by atomic mass is 9.93. The summed E-state index contributed by atoms with van der Waals surface area (Å²) in [5.74, 6) is 0. The molecule has 0 aliphatic heterocycles. The lowest BCUT2D eigenvalue weighted by Gasteiger charge is -2.26. The molecule has 1 N–H and O–H groups in total. The number of hydrogen-bond donors (Lipinski definition) is 1. The van der Waals surface area contributed by atoms with Crippen LogP contribution in [-0.2, 0) is 6.61 Å². The number of aromatic nitrogens is 2. The maximum atomic E-state index is 8.75. The Morgan fingerprint density at radius 1 is 1.64 bits per heavy atom. The minimum Gasteiger partial charge on any atom is -0.390 e. The van der Waals surface area contributed by atoms with Gasteiger partial charge < -0.3 is 9.67 Å². The Morgan fingerprint density at radius 2 is 2.45 bits per heavy atom. The molecule has 0 radical (unpaired) electrons. The first-order chi connectivity index (χ1) is 5.40. The molecule has 0 unspecified atom stereocenters. The van der Waals surface area contributed by atoms with E-state index in [0.717, 1.165) is 5.69 Å². The van der Waals surface area contributed by atoms with Crippen molar-refractivity contribution in [2.45, 2.75) is 31.9 Å². The van der Waals surface area contributed by atoms with Gasteiger partial charge in [0.05, 0.1) is 18.6 Å². The Balaban J connectivity index is 2.11.